The largest absolute Gasteiger partial charge is 0.480 e. The van der Waals surface area contributed by atoms with E-state index in [0.717, 1.165) is 5.56 Å². The lowest BCUT2D eigenvalue weighted by Gasteiger charge is -2.01. The maximum absolute atomic E-state index is 5.04. The van der Waals surface area contributed by atoms with Gasteiger partial charge in [0.1, 0.15) is 0 Å². The number of nitrogens with one attached hydrogen (secondary N) is 1. The van der Waals surface area contributed by atoms with Crippen LogP contribution in [0.5, 0.6) is 5.88 Å². The molecule has 2 aromatic heterocycles. The molecule has 0 saturated heterocycles. The maximum Gasteiger partial charge on any atom is 0.224 e. The minimum Gasteiger partial charge on any atom is -0.480 e. The first-order chi connectivity index (χ1) is 6.42. The average Bonchev–Trinajstić information content (AvgIpc) is 2.70. The van der Waals surface area contributed by atoms with Gasteiger partial charge < -0.3 is 4.74 Å². The summed E-state index contributed by atoms with van der Waals surface area (Å²) in [6.07, 6.45) is 1.64. The topological polar surface area (TPSA) is 76.6 Å². The Kier molecular flexibility index (Phi) is 1.87. The van der Waals surface area contributed by atoms with Crippen molar-refractivity contribution in [3.63, 3.8) is 0 Å². The Morgan fingerprint density at radius 2 is 2.38 bits per heavy atom. The first-order valence-corrected chi connectivity index (χ1v) is 3.64. The molecular formula is C7H7N5O. The molecule has 0 radical (unpaired) electrons. The van der Waals surface area contributed by atoms with Crippen molar-refractivity contribution in [3.05, 3.63) is 18.3 Å². The second kappa shape index (κ2) is 3.18. The van der Waals surface area contributed by atoms with E-state index in [4.69, 9.17) is 4.74 Å². The van der Waals surface area contributed by atoms with Crippen LogP contribution in [0.1, 0.15) is 0 Å². The average molecular weight is 177 g/mol. The fourth-order valence-electron chi connectivity index (χ4n) is 1.000. The summed E-state index contributed by atoms with van der Waals surface area (Å²) < 4.78 is 5.04. The summed E-state index contributed by atoms with van der Waals surface area (Å²) in [5.41, 5.74) is 0.721. The molecule has 6 heteroatoms. The van der Waals surface area contributed by atoms with E-state index in [1.54, 1.807) is 19.4 Å². The van der Waals surface area contributed by atoms with Crippen LogP contribution in [0.3, 0.4) is 0 Å². The van der Waals surface area contributed by atoms with Crippen LogP contribution in [0.2, 0.25) is 0 Å². The van der Waals surface area contributed by atoms with Gasteiger partial charge in [0.05, 0.1) is 12.7 Å². The fraction of sp³-hybridized carbons (Fsp3) is 0.143. The Morgan fingerprint density at radius 3 is 3.08 bits per heavy atom. The third-order valence-corrected chi connectivity index (χ3v) is 1.55. The zero-order valence-electron chi connectivity index (χ0n) is 6.93. The van der Waals surface area contributed by atoms with Gasteiger partial charge in [0.2, 0.25) is 11.7 Å². The molecule has 0 aliphatic carbocycles. The van der Waals surface area contributed by atoms with E-state index >= 15 is 0 Å². The van der Waals surface area contributed by atoms with Crippen molar-refractivity contribution in [2.75, 3.05) is 7.11 Å². The van der Waals surface area contributed by atoms with Gasteiger partial charge >= 0.3 is 0 Å². The van der Waals surface area contributed by atoms with Crippen LogP contribution in [0, 0.1) is 0 Å². The zero-order valence-corrected chi connectivity index (χ0v) is 6.93. The van der Waals surface area contributed by atoms with Gasteiger partial charge in [-0.1, -0.05) is 0 Å². The first kappa shape index (κ1) is 7.66. The Labute approximate surface area is 74.0 Å². The zero-order chi connectivity index (χ0) is 9.10. The summed E-state index contributed by atoms with van der Waals surface area (Å²) in [5.74, 6) is 0.967. The number of H-pyrrole nitrogens is 1. The van der Waals surface area contributed by atoms with E-state index in [-0.39, 0.29) is 0 Å². The molecule has 0 fully saturated rings. The van der Waals surface area contributed by atoms with Crippen molar-refractivity contribution in [2.24, 2.45) is 0 Å². The monoisotopic (exact) mass is 177 g/mol. The highest BCUT2D eigenvalue weighted by Crippen LogP contribution is 2.22. The number of rotatable bonds is 2. The third kappa shape index (κ3) is 1.33. The van der Waals surface area contributed by atoms with E-state index in [2.05, 4.69) is 25.6 Å². The van der Waals surface area contributed by atoms with Gasteiger partial charge in [0.25, 0.3) is 0 Å². The van der Waals surface area contributed by atoms with Gasteiger partial charge in [-0.05, 0) is 17.3 Å². The van der Waals surface area contributed by atoms with Crippen LogP contribution >= 0.6 is 0 Å². The van der Waals surface area contributed by atoms with Crippen LogP contribution in [0.15, 0.2) is 18.3 Å². The van der Waals surface area contributed by atoms with Crippen molar-refractivity contribution in [1.29, 1.82) is 0 Å². The minimum absolute atomic E-state index is 0.477. The predicted octanol–water partition coefficient (Wildman–Crippen LogP) is 0.270. The lowest BCUT2D eigenvalue weighted by atomic mass is 10.2. The molecule has 2 heterocycles. The molecule has 6 nitrogen and oxygen atoms in total. The molecule has 66 valence electrons. The lowest BCUT2D eigenvalue weighted by Crippen LogP contribution is -1.91. The van der Waals surface area contributed by atoms with Crippen LogP contribution in [0.4, 0.5) is 0 Å². The second-order valence-electron chi connectivity index (χ2n) is 2.30. The molecule has 0 aromatic carbocycles. The summed E-state index contributed by atoms with van der Waals surface area (Å²) in [7, 11) is 1.55. The Bertz CT molecular complexity index is 386. The van der Waals surface area contributed by atoms with E-state index in [1.165, 1.54) is 0 Å². The van der Waals surface area contributed by atoms with Crippen LogP contribution in [0.25, 0.3) is 11.4 Å². The quantitative estimate of drug-likeness (QED) is 0.712. The number of aromatic nitrogens is 5. The molecule has 0 saturated carbocycles. The lowest BCUT2D eigenvalue weighted by molar-refractivity contribution is 0.399. The Morgan fingerprint density at radius 1 is 1.46 bits per heavy atom. The standard InChI is InChI=1S/C7H7N5O/c1-13-7-5(3-2-4-8-7)6-9-11-12-10-6/h2-4H,1H3,(H,9,10,11,12). The molecule has 0 unspecified atom stereocenters. The SMILES string of the molecule is COc1ncccc1-c1nn[nH]n1. The van der Waals surface area contributed by atoms with Gasteiger partial charge in [-0.2, -0.15) is 5.21 Å². The molecule has 0 amide bonds. The maximum atomic E-state index is 5.04. The molecule has 0 spiro atoms. The third-order valence-electron chi connectivity index (χ3n) is 1.55. The van der Waals surface area contributed by atoms with E-state index in [0.29, 0.717) is 11.7 Å². The number of ether oxygens (including phenoxy) is 1. The van der Waals surface area contributed by atoms with Gasteiger partial charge in [0.15, 0.2) is 0 Å². The first-order valence-electron chi connectivity index (χ1n) is 3.64. The minimum atomic E-state index is 0.477. The van der Waals surface area contributed by atoms with Crippen LogP contribution in [-0.2, 0) is 0 Å². The molecule has 1 N–H and O–H groups in total. The van der Waals surface area contributed by atoms with Gasteiger partial charge in [-0.3, -0.25) is 0 Å². The number of pyridine rings is 1. The molecule has 2 aromatic rings. The molecule has 0 aliphatic rings. The predicted molar refractivity (Wildman–Crippen MR) is 44.0 cm³/mol. The van der Waals surface area contributed by atoms with Crippen LogP contribution < -0.4 is 4.74 Å². The van der Waals surface area contributed by atoms with Crippen molar-refractivity contribution in [1.82, 2.24) is 25.6 Å². The number of tetrazole rings is 1. The van der Waals surface area contributed by atoms with Crippen LogP contribution in [-0.4, -0.2) is 32.7 Å². The Balaban J connectivity index is 2.51. The summed E-state index contributed by atoms with van der Waals surface area (Å²) in [4.78, 5) is 4.01. The fourth-order valence-corrected chi connectivity index (χ4v) is 1.000. The number of aromatic amines is 1. The van der Waals surface area contributed by atoms with Crippen molar-refractivity contribution in [2.45, 2.75) is 0 Å². The molecule has 0 bridgehead atoms. The van der Waals surface area contributed by atoms with Gasteiger partial charge in [-0.25, -0.2) is 4.98 Å². The smallest absolute Gasteiger partial charge is 0.224 e. The number of hydrogen-bond acceptors (Lipinski definition) is 5. The highest BCUT2D eigenvalue weighted by atomic mass is 16.5. The summed E-state index contributed by atoms with van der Waals surface area (Å²) in [6, 6.07) is 3.60. The molecule has 13 heavy (non-hydrogen) atoms. The molecular weight excluding hydrogens is 170 g/mol. The number of nitrogens with zero attached hydrogens (tertiary/aromatic N) is 4. The number of methoxy groups -OCH3 is 1. The summed E-state index contributed by atoms with van der Waals surface area (Å²) >= 11 is 0. The van der Waals surface area contributed by atoms with E-state index < -0.39 is 0 Å². The van der Waals surface area contributed by atoms with Gasteiger partial charge in [0, 0.05) is 6.20 Å². The summed E-state index contributed by atoms with van der Waals surface area (Å²) in [6.45, 7) is 0. The van der Waals surface area contributed by atoms with Crippen molar-refractivity contribution in [3.8, 4) is 17.3 Å². The normalized spacial score (nSPS) is 9.92. The Hall–Kier alpha value is -1.98. The molecule has 0 atom stereocenters. The second-order valence-corrected chi connectivity index (χ2v) is 2.30. The molecule has 2 rings (SSSR count). The van der Waals surface area contributed by atoms with E-state index in [9.17, 15) is 0 Å². The van der Waals surface area contributed by atoms with Crippen molar-refractivity contribution >= 4 is 0 Å². The number of hydrogen-bond donors (Lipinski definition) is 1. The highest BCUT2D eigenvalue weighted by molar-refractivity contribution is 5.60. The van der Waals surface area contributed by atoms with E-state index in [1.807, 2.05) is 6.07 Å². The van der Waals surface area contributed by atoms with Crippen molar-refractivity contribution < 1.29 is 4.74 Å². The molecule has 0 aliphatic heterocycles. The summed E-state index contributed by atoms with van der Waals surface area (Å²) in [5, 5.41) is 13.5. The van der Waals surface area contributed by atoms with Gasteiger partial charge in [-0.15, -0.1) is 10.2 Å². The highest BCUT2D eigenvalue weighted by Gasteiger charge is 2.09.